The Bertz CT molecular complexity index is 1440. The molecule has 0 bridgehead atoms. The summed E-state index contributed by atoms with van der Waals surface area (Å²) in [5, 5.41) is 12.7. The van der Waals surface area contributed by atoms with Gasteiger partial charge in [0.25, 0.3) is 5.91 Å². The smallest absolute Gasteiger partial charge is 0.256 e. The van der Waals surface area contributed by atoms with Gasteiger partial charge in [-0.05, 0) is 37.6 Å². The van der Waals surface area contributed by atoms with Crippen LogP contribution in [0.4, 0.5) is 5.69 Å². The Labute approximate surface area is 195 Å². The van der Waals surface area contributed by atoms with E-state index in [1.165, 1.54) is 0 Å². The Morgan fingerprint density at radius 3 is 2.55 bits per heavy atom. The van der Waals surface area contributed by atoms with E-state index < -0.39 is 0 Å². The summed E-state index contributed by atoms with van der Waals surface area (Å²) >= 11 is 6.02. The summed E-state index contributed by atoms with van der Waals surface area (Å²) in [6.07, 6.45) is 1.68. The van der Waals surface area contributed by atoms with Crippen molar-refractivity contribution >= 4 is 34.2 Å². The Morgan fingerprint density at radius 2 is 1.85 bits per heavy atom. The van der Waals surface area contributed by atoms with Gasteiger partial charge in [-0.25, -0.2) is 9.67 Å². The van der Waals surface area contributed by atoms with Gasteiger partial charge in [-0.1, -0.05) is 59.2 Å². The van der Waals surface area contributed by atoms with Crippen LogP contribution in [-0.2, 0) is 6.54 Å². The number of pyridine rings is 1. The Hall–Kier alpha value is -3.97. The lowest BCUT2D eigenvalue weighted by atomic mass is 10.1. The van der Waals surface area contributed by atoms with Gasteiger partial charge >= 0.3 is 0 Å². The maximum absolute atomic E-state index is 13.4. The van der Waals surface area contributed by atoms with Crippen LogP contribution in [0.3, 0.4) is 0 Å². The van der Waals surface area contributed by atoms with Crippen molar-refractivity contribution in [2.24, 2.45) is 0 Å². The second kappa shape index (κ2) is 8.52. The van der Waals surface area contributed by atoms with Crippen LogP contribution in [0, 0.1) is 13.8 Å². The third-order valence-electron chi connectivity index (χ3n) is 5.44. The predicted molar refractivity (Wildman–Crippen MR) is 127 cm³/mol. The number of hydrogen-bond acceptors (Lipinski definition) is 5. The minimum Gasteiger partial charge on any atom is -0.359 e. The largest absolute Gasteiger partial charge is 0.359 e. The number of carbonyl (C=O) groups is 1. The molecule has 164 valence electrons. The number of nitrogens with one attached hydrogen (secondary N) is 1. The fourth-order valence-corrected chi connectivity index (χ4v) is 3.84. The summed E-state index contributed by atoms with van der Waals surface area (Å²) in [4.78, 5) is 18.2. The lowest BCUT2D eigenvalue weighted by molar-refractivity contribution is 0.102. The number of hydrogen-bond donors (Lipinski definition) is 1. The van der Waals surface area contributed by atoms with Gasteiger partial charge in [0, 0.05) is 10.6 Å². The summed E-state index contributed by atoms with van der Waals surface area (Å²) in [5.41, 5.74) is 4.90. The van der Waals surface area contributed by atoms with Crippen LogP contribution in [0.2, 0.25) is 5.02 Å². The number of nitrogens with zero attached hydrogens (tertiary/aromatic N) is 4. The van der Waals surface area contributed by atoms with Crippen molar-refractivity contribution in [2.75, 3.05) is 5.32 Å². The van der Waals surface area contributed by atoms with E-state index in [0.717, 1.165) is 11.1 Å². The van der Waals surface area contributed by atoms with Crippen molar-refractivity contribution in [1.29, 1.82) is 0 Å². The molecule has 3 aromatic heterocycles. The number of fused-ring (bicyclic) bond motifs is 1. The molecule has 0 atom stereocenters. The van der Waals surface area contributed by atoms with Crippen LogP contribution in [0.15, 0.2) is 71.4 Å². The van der Waals surface area contributed by atoms with Crippen molar-refractivity contribution in [3.8, 4) is 11.3 Å². The first-order valence-corrected chi connectivity index (χ1v) is 10.8. The lowest BCUT2D eigenvalue weighted by Crippen LogP contribution is -2.14. The van der Waals surface area contributed by atoms with E-state index >= 15 is 0 Å². The SMILES string of the molecule is Cc1noc(C)c1NC(=O)c1cc(-c2ccccc2)nc2c1cnn2Cc1ccc(Cl)cc1. The quantitative estimate of drug-likeness (QED) is 0.368. The van der Waals surface area contributed by atoms with Crippen molar-refractivity contribution in [3.63, 3.8) is 0 Å². The zero-order valence-corrected chi connectivity index (χ0v) is 18.8. The number of aromatic nitrogens is 4. The molecule has 0 saturated carbocycles. The van der Waals surface area contributed by atoms with Crippen molar-refractivity contribution in [1.82, 2.24) is 19.9 Å². The Kier molecular flexibility index (Phi) is 5.40. The normalized spacial score (nSPS) is 11.1. The maximum atomic E-state index is 13.4. The van der Waals surface area contributed by atoms with Crippen LogP contribution in [0.1, 0.15) is 27.4 Å². The number of carbonyl (C=O) groups excluding carboxylic acids is 1. The van der Waals surface area contributed by atoms with Gasteiger partial charge in [0.05, 0.1) is 29.4 Å². The molecule has 0 aliphatic carbocycles. The first-order chi connectivity index (χ1) is 16.0. The van der Waals surface area contributed by atoms with Gasteiger partial charge < -0.3 is 9.84 Å². The lowest BCUT2D eigenvalue weighted by Gasteiger charge is -2.10. The van der Waals surface area contributed by atoms with Crippen LogP contribution in [0.5, 0.6) is 0 Å². The first-order valence-electron chi connectivity index (χ1n) is 10.4. The van der Waals surface area contributed by atoms with Crippen LogP contribution in [-0.4, -0.2) is 25.8 Å². The van der Waals surface area contributed by atoms with Gasteiger partial charge in [0.15, 0.2) is 11.4 Å². The van der Waals surface area contributed by atoms with E-state index in [1.807, 2.05) is 54.6 Å². The van der Waals surface area contributed by atoms with E-state index in [2.05, 4.69) is 15.6 Å². The number of amides is 1. The topological polar surface area (TPSA) is 85.8 Å². The number of halogens is 1. The molecule has 1 N–H and O–H groups in total. The highest BCUT2D eigenvalue weighted by molar-refractivity contribution is 6.30. The molecule has 2 aromatic carbocycles. The first kappa shape index (κ1) is 20.9. The summed E-state index contributed by atoms with van der Waals surface area (Å²) in [7, 11) is 0. The minimum absolute atomic E-state index is 0.278. The Balaban J connectivity index is 1.62. The predicted octanol–water partition coefficient (Wildman–Crippen LogP) is 5.66. The van der Waals surface area contributed by atoms with Gasteiger partial charge in [0.2, 0.25) is 0 Å². The highest BCUT2D eigenvalue weighted by Gasteiger charge is 2.20. The summed E-state index contributed by atoms with van der Waals surface area (Å²) in [6, 6.07) is 19.1. The molecule has 1 amide bonds. The third-order valence-corrected chi connectivity index (χ3v) is 5.69. The monoisotopic (exact) mass is 457 g/mol. The summed E-state index contributed by atoms with van der Waals surface area (Å²) in [6.45, 7) is 4.04. The summed E-state index contributed by atoms with van der Waals surface area (Å²) in [5.74, 6) is 0.271. The minimum atomic E-state index is -0.278. The highest BCUT2D eigenvalue weighted by Crippen LogP contribution is 2.27. The van der Waals surface area contributed by atoms with Crippen LogP contribution >= 0.6 is 11.6 Å². The van der Waals surface area contributed by atoms with E-state index in [1.54, 1.807) is 30.8 Å². The molecule has 0 spiro atoms. The Morgan fingerprint density at radius 1 is 1.09 bits per heavy atom. The third kappa shape index (κ3) is 4.10. The van der Waals surface area contributed by atoms with Crippen LogP contribution < -0.4 is 5.32 Å². The van der Waals surface area contributed by atoms with Gasteiger partial charge in [0.1, 0.15) is 11.4 Å². The number of benzene rings is 2. The molecular formula is C25H20ClN5O2. The fraction of sp³-hybridized carbons (Fsp3) is 0.120. The molecule has 0 aliphatic heterocycles. The fourth-order valence-electron chi connectivity index (χ4n) is 3.71. The van der Waals surface area contributed by atoms with E-state index in [-0.39, 0.29) is 5.91 Å². The molecule has 0 aliphatic rings. The van der Waals surface area contributed by atoms with Crippen molar-refractivity contribution in [3.05, 3.63) is 94.5 Å². The van der Waals surface area contributed by atoms with E-state index in [4.69, 9.17) is 21.1 Å². The second-order valence-corrected chi connectivity index (χ2v) is 8.18. The molecule has 0 saturated heterocycles. The van der Waals surface area contributed by atoms with Crippen molar-refractivity contribution in [2.45, 2.75) is 20.4 Å². The molecule has 5 rings (SSSR count). The zero-order valence-electron chi connectivity index (χ0n) is 18.0. The van der Waals surface area contributed by atoms with E-state index in [0.29, 0.717) is 51.0 Å². The molecule has 33 heavy (non-hydrogen) atoms. The van der Waals surface area contributed by atoms with E-state index in [9.17, 15) is 4.79 Å². The maximum Gasteiger partial charge on any atom is 0.256 e. The molecule has 3 heterocycles. The zero-order chi connectivity index (χ0) is 22.9. The van der Waals surface area contributed by atoms with Gasteiger partial charge in [-0.3, -0.25) is 4.79 Å². The summed E-state index contributed by atoms with van der Waals surface area (Å²) < 4.78 is 6.98. The molecular weight excluding hydrogens is 438 g/mol. The average molecular weight is 458 g/mol. The number of aryl methyl sites for hydroxylation is 2. The van der Waals surface area contributed by atoms with Gasteiger partial charge in [-0.2, -0.15) is 5.10 Å². The molecule has 5 aromatic rings. The van der Waals surface area contributed by atoms with Crippen molar-refractivity contribution < 1.29 is 9.32 Å². The van der Waals surface area contributed by atoms with Crippen LogP contribution in [0.25, 0.3) is 22.3 Å². The molecule has 8 heteroatoms. The second-order valence-electron chi connectivity index (χ2n) is 7.74. The average Bonchev–Trinajstić information content (AvgIpc) is 3.38. The molecule has 0 radical (unpaired) electrons. The molecule has 0 fully saturated rings. The number of anilines is 1. The number of rotatable bonds is 5. The molecule has 7 nitrogen and oxygen atoms in total. The molecule has 0 unspecified atom stereocenters. The highest BCUT2D eigenvalue weighted by atomic mass is 35.5. The standard InChI is InChI=1S/C25H20ClN5O2/c1-15-23(16(2)33-30-15)29-25(32)20-12-22(18-6-4-3-5-7-18)28-24-21(20)13-27-31(24)14-17-8-10-19(26)11-9-17/h3-13H,14H2,1-2H3,(H,29,32). The van der Waals surface area contributed by atoms with Gasteiger partial charge in [-0.15, -0.1) is 0 Å².